The van der Waals surface area contributed by atoms with Crippen molar-refractivity contribution in [3.63, 3.8) is 0 Å². The van der Waals surface area contributed by atoms with Gasteiger partial charge in [-0.15, -0.1) is 11.6 Å². The maximum absolute atomic E-state index is 11.4. The fraction of sp³-hybridized carbons (Fsp3) is 0.182. The van der Waals surface area contributed by atoms with E-state index in [2.05, 4.69) is 0 Å². The van der Waals surface area contributed by atoms with Crippen molar-refractivity contribution in [1.29, 1.82) is 5.26 Å². The number of carbonyl (C=O) groups excluding carboxylic acids is 2. The Hall–Kier alpha value is -1.66. The summed E-state index contributed by atoms with van der Waals surface area (Å²) in [6, 6.07) is 4.89. The molecule has 0 amide bonds. The maximum Gasteiger partial charge on any atom is 0.178 e. The first kappa shape index (κ1) is 11.4. The molecular formula is C11H8ClNO2. The van der Waals surface area contributed by atoms with Gasteiger partial charge in [-0.2, -0.15) is 5.26 Å². The maximum atomic E-state index is 11.4. The van der Waals surface area contributed by atoms with Crippen LogP contribution in [0.5, 0.6) is 0 Å². The minimum absolute atomic E-state index is 0.172. The first-order valence-corrected chi connectivity index (χ1v) is 4.77. The average Bonchev–Trinajstić information content (AvgIpc) is 2.27. The van der Waals surface area contributed by atoms with Crippen LogP contribution in [0.15, 0.2) is 12.1 Å². The van der Waals surface area contributed by atoms with E-state index in [9.17, 15) is 9.59 Å². The zero-order valence-corrected chi connectivity index (χ0v) is 8.84. The van der Waals surface area contributed by atoms with Gasteiger partial charge < -0.3 is 0 Å². The van der Waals surface area contributed by atoms with E-state index in [4.69, 9.17) is 16.9 Å². The molecule has 0 saturated carbocycles. The Morgan fingerprint density at radius 2 is 2.27 bits per heavy atom. The predicted octanol–water partition coefficient (Wildman–Crippen LogP) is 2.10. The molecule has 0 radical (unpaired) electrons. The van der Waals surface area contributed by atoms with Crippen molar-refractivity contribution in [2.75, 3.05) is 5.88 Å². The number of rotatable bonds is 3. The Labute approximate surface area is 92.3 Å². The van der Waals surface area contributed by atoms with Gasteiger partial charge in [0, 0.05) is 11.1 Å². The summed E-state index contributed by atoms with van der Waals surface area (Å²) in [5, 5.41) is 8.90. The van der Waals surface area contributed by atoms with Gasteiger partial charge in [-0.25, -0.2) is 0 Å². The van der Waals surface area contributed by atoms with Crippen LogP contribution < -0.4 is 0 Å². The summed E-state index contributed by atoms with van der Waals surface area (Å²) in [4.78, 5) is 22.0. The molecule has 1 aromatic rings. The smallest absolute Gasteiger partial charge is 0.178 e. The molecule has 0 heterocycles. The number of ketones is 1. The van der Waals surface area contributed by atoms with Gasteiger partial charge in [0.1, 0.15) is 12.4 Å². The molecule has 0 fully saturated rings. The van der Waals surface area contributed by atoms with Crippen molar-refractivity contribution in [2.45, 2.75) is 6.92 Å². The molecule has 0 atom stereocenters. The summed E-state index contributed by atoms with van der Waals surface area (Å²) in [6.45, 7) is 1.63. The molecule has 0 unspecified atom stereocenters. The second kappa shape index (κ2) is 4.72. The van der Waals surface area contributed by atoms with Crippen molar-refractivity contribution in [3.8, 4) is 6.07 Å². The molecule has 15 heavy (non-hydrogen) atoms. The van der Waals surface area contributed by atoms with Gasteiger partial charge in [-0.1, -0.05) is 6.07 Å². The highest BCUT2D eigenvalue weighted by Crippen LogP contribution is 2.17. The number of carbonyl (C=O) groups is 2. The Kier molecular flexibility index (Phi) is 3.59. The molecule has 0 bridgehead atoms. The topological polar surface area (TPSA) is 57.9 Å². The Bertz CT molecular complexity index is 460. The zero-order valence-electron chi connectivity index (χ0n) is 8.08. The second-order valence-corrected chi connectivity index (χ2v) is 3.26. The average molecular weight is 222 g/mol. The Morgan fingerprint density at radius 3 is 2.73 bits per heavy atom. The van der Waals surface area contributed by atoms with Gasteiger partial charge in [-0.05, 0) is 18.6 Å². The van der Waals surface area contributed by atoms with Crippen molar-refractivity contribution >= 4 is 23.7 Å². The summed E-state index contributed by atoms with van der Waals surface area (Å²) >= 11 is 5.41. The lowest BCUT2D eigenvalue weighted by Gasteiger charge is -2.05. The van der Waals surface area contributed by atoms with Crippen molar-refractivity contribution in [1.82, 2.24) is 0 Å². The molecule has 0 aliphatic carbocycles. The fourth-order valence-corrected chi connectivity index (χ4v) is 1.45. The molecular weight excluding hydrogens is 214 g/mol. The molecule has 0 aliphatic heterocycles. The normalized spacial score (nSPS) is 9.40. The summed E-state index contributed by atoms with van der Waals surface area (Å²) in [6.07, 6.45) is 0.658. The van der Waals surface area contributed by atoms with E-state index in [-0.39, 0.29) is 22.8 Å². The molecule has 0 aromatic heterocycles. The van der Waals surface area contributed by atoms with Gasteiger partial charge >= 0.3 is 0 Å². The number of alkyl halides is 1. The van der Waals surface area contributed by atoms with E-state index in [0.29, 0.717) is 17.4 Å². The minimum atomic E-state index is -0.311. The zero-order chi connectivity index (χ0) is 11.4. The van der Waals surface area contributed by atoms with Gasteiger partial charge in [0.15, 0.2) is 5.78 Å². The molecule has 76 valence electrons. The summed E-state index contributed by atoms with van der Waals surface area (Å²) in [5.74, 6) is -0.483. The molecule has 1 aromatic carbocycles. The fourth-order valence-electron chi connectivity index (χ4n) is 1.30. The lowest BCUT2D eigenvalue weighted by molar-refractivity contribution is 0.101. The van der Waals surface area contributed by atoms with Gasteiger partial charge in [-0.3, -0.25) is 9.59 Å². The van der Waals surface area contributed by atoms with Crippen LogP contribution in [-0.2, 0) is 0 Å². The number of nitriles is 1. The highest BCUT2D eigenvalue weighted by Gasteiger charge is 2.14. The lowest BCUT2D eigenvalue weighted by Crippen LogP contribution is -2.06. The van der Waals surface area contributed by atoms with E-state index in [1.54, 1.807) is 6.92 Å². The van der Waals surface area contributed by atoms with Gasteiger partial charge in [0.2, 0.25) is 0 Å². The van der Waals surface area contributed by atoms with Gasteiger partial charge in [0.05, 0.1) is 11.4 Å². The van der Waals surface area contributed by atoms with Crippen molar-refractivity contribution in [2.24, 2.45) is 0 Å². The number of Topliss-reactive ketones (excluding diaryl/α,β-unsaturated/α-hetero) is 1. The van der Waals surface area contributed by atoms with Crippen LogP contribution in [0, 0.1) is 18.3 Å². The summed E-state index contributed by atoms with van der Waals surface area (Å²) in [5.41, 5.74) is 1.43. The SMILES string of the molecule is Cc1c(C=O)ccc(C(=O)CCl)c1C#N. The Morgan fingerprint density at radius 1 is 1.60 bits per heavy atom. The van der Waals surface area contributed by atoms with Crippen LogP contribution in [0.3, 0.4) is 0 Å². The summed E-state index contributed by atoms with van der Waals surface area (Å²) < 4.78 is 0. The van der Waals surface area contributed by atoms with E-state index in [1.807, 2.05) is 6.07 Å². The molecule has 0 aliphatic rings. The molecule has 0 N–H and O–H groups in total. The number of hydrogen-bond acceptors (Lipinski definition) is 3. The largest absolute Gasteiger partial charge is 0.298 e. The molecule has 1 rings (SSSR count). The predicted molar refractivity (Wildman–Crippen MR) is 56.3 cm³/mol. The van der Waals surface area contributed by atoms with Crippen LogP contribution >= 0.6 is 11.6 Å². The number of aldehydes is 1. The number of benzene rings is 1. The summed E-state index contributed by atoms with van der Waals surface area (Å²) in [7, 11) is 0. The van der Waals surface area contributed by atoms with E-state index in [0.717, 1.165) is 0 Å². The lowest BCUT2D eigenvalue weighted by atomic mass is 9.96. The highest BCUT2D eigenvalue weighted by atomic mass is 35.5. The van der Waals surface area contributed by atoms with Crippen LogP contribution in [0.4, 0.5) is 0 Å². The second-order valence-electron chi connectivity index (χ2n) is 2.99. The quantitative estimate of drug-likeness (QED) is 0.446. The van der Waals surface area contributed by atoms with E-state index < -0.39 is 0 Å². The van der Waals surface area contributed by atoms with Crippen LogP contribution in [0.1, 0.15) is 31.8 Å². The minimum Gasteiger partial charge on any atom is -0.298 e. The first-order valence-electron chi connectivity index (χ1n) is 4.23. The van der Waals surface area contributed by atoms with Crippen molar-refractivity contribution < 1.29 is 9.59 Å². The van der Waals surface area contributed by atoms with Crippen LogP contribution in [0.25, 0.3) is 0 Å². The first-order chi connectivity index (χ1) is 7.15. The molecule has 4 heteroatoms. The Balaban J connectivity index is 3.45. The van der Waals surface area contributed by atoms with Crippen LogP contribution in [0.2, 0.25) is 0 Å². The monoisotopic (exact) mass is 221 g/mol. The molecule has 0 spiro atoms. The highest BCUT2D eigenvalue weighted by molar-refractivity contribution is 6.30. The third-order valence-electron chi connectivity index (χ3n) is 2.17. The standard InChI is InChI=1S/C11H8ClNO2/c1-7-8(6-14)2-3-9(10(7)5-13)11(15)4-12/h2-3,6H,4H2,1H3. The molecule has 3 nitrogen and oxygen atoms in total. The number of nitrogens with zero attached hydrogens (tertiary/aromatic N) is 1. The number of halogens is 1. The van der Waals surface area contributed by atoms with Gasteiger partial charge in [0.25, 0.3) is 0 Å². The van der Waals surface area contributed by atoms with E-state index in [1.165, 1.54) is 12.1 Å². The number of hydrogen-bond donors (Lipinski definition) is 0. The van der Waals surface area contributed by atoms with Crippen molar-refractivity contribution in [3.05, 3.63) is 34.4 Å². The third-order valence-corrected chi connectivity index (χ3v) is 2.41. The third kappa shape index (κ3) is 2.05. The molecule has 0 saturated heterocycles. The van der Waals surface area contributed by atoms with Crippen LogP contribution in [-0.4, -0.2) is 17.9 Å². The van der Waals surface area contributed by atoms with E-state index >= 15 is 0 Å².